The van der Waals surface area contributed by atoms with Crippen LogP contribution in [0.4, 0.5) is 0 Å². The minimum Gasteiger partial charge on any atom is -0.350 e. The van der Waals surface area contributed by atoms with Crippen molar-refractivity contribution >= 4 is 11.5 Å². The van der Waals surface area contributed by atoms with Crippen LogP contribution in [0.1, 0.15) is 65.3 Å². The third-order valence-corrected chi connectivity index (χ3v) is 9.97. The average Bonchev–Trinajstić information content (AvgIpc) is 3.15. The molecular weight excluding hydrogens is 573 g/mol. The fourth-order valence-corrected chi connectivity index (χ4v) is 7.36. The SMILES string of the molecule is CC1=NCC(c2ccc(-c3cc(C4=NC(c5ccccc5)NC(c5ccccc5)N4)cc(C4C=CCC5C=CC=CC54)c3)cc2)C=C1. The second kappa shape index (κ2) is 13.0. The molecule has 2 N–H and O–H groups in total. The number of hydrogen-bond donors (Lipinski definition) is 2. The van der Waals surface area contributed by atoms with E-state index >= 15 is 0 Å². The van der Waals surface area contributed by atoms with E-state index in [0.29, 0.717) is 23.7 Å². The molecule has 0 saturated carbocycles. The number of aliphatic imine (C=N–C) groups is 2. The first kappa shape index (κ1) is 29.3. The summed E-state index contributed by atoms with van der Waals surface area (Å²) in [4.78, 5) is 9.98. The Morgan fingerprint density at radius 2 is 1.40 bits per heavy atom. The minimum absolute atomic E-state index is 0.0829. The van der Waals surface area contributed by atoms with Gasteiger partial charge in [-0.05, 0) is 76.8 Å². The Bertz CT molecular complexity index is 1910. The number of nitrogens with one attached hydrogen (secondary N) is 2. The molecule has 4 aromatic rings. The van der Waals surface area contributed by atoms with Gasteiger partial charge in [0.1, 0.15) is 18.2 Å². The van der Waals surface area contributed by atoms with Crippen LogP contribution in [0.2, 0.25) is 0 Å². The van der Waals surface area contributed by atoms with E-state index in [9.17, 15) is 0 Å². The van der Waals surface area contributed by atoms with Gasteiger partial charge in [-0.2, -0.15) is 0 Å². The Kier molecular flexibility index (Phi) is 8.10. The van der Waals surface area contributed by atoms with Crippen molar-refractivity contribution in [2.75, 3.05) is 6.54 Å². The molecule has 0 radical (unpaired) electrons. The molecule has 47 heavy (non-hydrogen) atoms. The highest BCUT2D eigenvalue weighted by atomic mass is 15.3. The Morgan fingerprint density at radius 3 is 2.17 bits per heavy atom. The standard InChI is InChI=1S/C43H40N4/c1-29-19-20-35(28-44-29)30-21-23-31(24-22-30)36-25-37(40-18-10-16-32-11-8-9-17-39(32)40)27-38(26-36)43-46-41(33-12-4-2-5-13-33)45-42(47-43)34-14-6-3-7-15-34/h2-15,17-27,32,35,39-42,45H,16,28H2,1H3,(H,46,47). The van der Waals surface area contributed by atoms with E-state index < -0.39 is 0 Å². The van der Waals surface area contributed by atoms with Gasteiger partial charge in [0.05, 0.1) is 0 Å². The molecule has 4 heteroatoms. The monoisotopic (exact) mass is 612 g/mol. The molecule has 2 aliphatic carbocycles. The summed E-state index contributed by atoms with van der Waals surface area (Å²) in [6, 6.07) is 37.3. The molecule has 0 bridgehead atoms. The van der Waals surface area contributed by atoms with Gasteiger partial charge in [-0.25, -0.2) is 4.99 Å². The van der Waals surface area contributed by atoms with Crippen molar-refractivity contribution in [3.05, 3.63) is 180 Å². The second-order valence-electron chi connectivity index (χ2n) is 13.1. The topological polar surface area (TPSA) is 48.8 Å². The van der Waals surface area contributed by atoms with Crippen LogP contribution in [0.5, 0.6) is 0 Å². The summed E-state index contributed by atoms with van der Waals surface area (Å²) in [5.41, 5.74) is 9.57. The van der Waals surface area contributed by atoms with Crippen molar-refractivity contribution in [2.45, 2.75) is 37.5 Å². The van der Waals surface area contributed by atoms with Crippen molar-refractivity contribution in [1.29, 1.82) is 0 Å². The molecule has 0 spiro atoms. The third kappa shape index (κ3) is 6.22. The van der Waals surface area contributed by atoms with E-state index in [-0.39, 0.29) is 12.3 Å². The predicted octanol–water partition coefficient (Wildman–Crippen LogP) is 9.21. The van der Waals surface area contributed by atoms with Gasteiger partial charge in [0, 0.05) is 29.7 Å². The van der Waals surface area contributed by atoms with Gasteiger partial charge in [-0.15, -0.1) is 0 Å². The molecule has 232 valence electrons. The number of benzene rings is 4. The summed E-state index contributed by atoms with van der Waals surface area (Å²) in [6.45, 7) is 2.87. The van der Waals surface area contributed by atoms with Gasteiger partial charge in [-0.1, -0.05) is 134 Å². The van der Waals surface area contributed by atoms with E-state index in [1.54, 1.807) is 0 Å². The zero-order valence-corrected chi connectivity index (χ0v) is 26.7. The molecule has 6 unspecified atom stereocenters. The molecule has 4 aliphatic rings. The van der Waals surface area contributed by atoms with Crippen LogP contribution in [0, 0.1) is 11.8 Å². The molecule has 8 rings (SSSR count). The lowest BCUT2D eigenvalue weighted by Crippen LogP contribution is -2.45. The molecule has 4 aromatic carbocycles. The lowest BCUT2D eigenvalue weighted by molar-refractivity contribution is 0.408. The molecule has 0 saturated heterocycles. The van der Waals surface area contributed by atoms with Crippen LogP contribution in [0.3, 0.4) is 0 Å². The summed E-state index contributed by atoms with van der Waals surface area (Å²) in [5, 5.41) is 7.53. The Balaban J connectivity index is 1.22. The number of hydrogen-bond acceptors (Lipinski definition) is 4. The maximum absolute atomic E-state index is 5.31. The highest BCUT2D eigenvalue weighted by Gasteiger charge is 2.31. The van der Waals surface area contributed by atoms with Gasteiger partial charge in [0.2, 0.25) is 0 Å². The van der Waals surface area contributed by atoms with E-state index in [0.717, 1.165) is 35.6 Å². The maximum Gasteiger partial charge on any atom is 0.131 e. The predicted molar refractivity (Wildman–Crippen MR) is 195 cm³/mol. The van der Waals surface area contributed by atoms with Crippen molar-refractivity contribution in [3.63, 3.8) is 0 Å². The Morgan fingerprint density at radius 1 is 0.660 bits per heavy atom. The van der Waals surface area contributed by atoms with E-state index in [1.807, 2.05) is 0 Å². The molecule has 6 atom stereocenters. The summed E-state index contributed by atoms with van der Waals surface area (Å²) in [7, 11) is 0. The zero-order valence-electron chi connectivity index (χ0n) is 26.7. The van der Waals surface area contributed by atoms with Crippen molar-refractivity contribution < 1.29 is 0 Å². The van der Waals surface area contributed by atoms with Crippen LogP contribution >= 0.6 is 0 Å². The first-order chi connectivity index (χ1) is 23.2. The lowest BCUT2D eigenvalue weighted by atomic mass is 9.71. The summed E-state index contributed by atoms with van der Waals surface area (Å²) < 4.78 is 0. The zero-order chi connectivity index (χ0) is 31.6. The average molecular weight is 613 g/mol. The van der Waals surface area contributed by atoms with E-state index in [1.165, 1.54) is 27.8 Å². The number of dihydropyridines is 1. The van der Waals surface area contributed by atoms with Crippen LogP contribution in [-0.2, 0) is 0 Å². The molecule has 0 aromatic heterocycles. The van der Waals surface area contributed by atoms with Gasteiger partial charge < -0.3 is 5.32 Å². The van der Waals surface area contributed by atoms with E-state index in [4.69, 9.17) is 4.99 Å². The third-order valence-electron chi connectivity index (χ3n) is 9.97. The van der Waals surface area contributed by atoms with Crippen molar-refractivity contribution in [2.24, 2.45) is 21.8 Å². The number of nitrogens with zero attached hydrogens (tertiary/aromatic N) is 2. The highest BCUT2D eigenvalue weighted by Crippen LogP contribution is 2.42. The first-order valence-electron chi connectivity index (χ1n) is 16.8. The molecule has 2 aliphatic heterocycles. The van der Waals surface area contributed by atoms with Gasteiger partial charge in [-0.3, -0.25) is 10.3 Å². The molecular formula is C43H40N4. The van der Waals surface area contributed by atoms with Crippen LogP contribution in [0.25, 0.3) is 11.1 Å². The molecule has 2 heterocycles. The summed E-state index contributed by atoms with van der Waals surface area (Å²) in [5.74, 6) is 2.48. The number of amidine groups is 1. The fourth-order valence-electron chi connectivity index (χ4n) is 7.36. The second-order valence-corrected chi connectivity index (χ2v) is 13.1. The number of fused-ring (bicyclic) bond motifs is 1. The van der Waals surface area contributed by atoms with E-state index in [2.05, 4.69) is 174 Å². The fraction of sp³-hybridized carbons (Fsp3) is 0.209. The number of allylic oxidation sites excluding steroid dienone is 7. The highest BCUT2D eigenvalue weighted by molar-refractivity contribution is 6.01. The largest absolute Gasteiger partial charge is 0.350 e. The lowest BCUT2D eigenvalue weighted by Gasteiger charge is -2.34. The first-order valence-corrected chi connectivity index (χ1v) is 16.8. The normalized spacial score (nSPS) is 26.2. The van der Waals surface area contributed by atoms with Crippen LogP contribution in [-0.4, -0.2) is 18.1 Å². The van der Waals surface area contributed by atoms with Gasteiger partial charge in [0.15, 0.2) is 0 Å². The maximum atomic E-state index is 5.31. The number of rotatable bonds is 6. The quantitative estimate of drug-likeness (QED) is 0.213. The van der Waals surface area contributed by atoms with Crippen LogP contribution in [0.15, 0.2) is 162 Å². The molecule has 4 nitrogen and oxygen atoms in total. The minimum atomic E-state index is -0.177. The Labute approximate surface area is 278 Å². The smallest absolute Gasteiger partial charge is 0.131 e. The molecule has 0 amide bonds. The summed E-state index contributed by atoms with van der Waals surface area (Å²) in [6.07, 6.45) is 19.2. The summed E-state index contributed by atoms with van der Waals surface area (Å²) >= 11 is 0. The van der Waals surface area contributed by atoms with Crippen molar-refractivity contribution in [1.82, 2.24) is 10.6 Å². The van der Waals surface area contributed by atoms with Crippen LogP contribution < -0.4 is 10.6 Å². The molecule has 0 fully saturated rings. The van der Waals surface area contributed by atoms with Crippen molar-refractivity contribution in [3.8, 4) is 11.1 Å². The Hall–Kier alpha value is -5.06. The van der Waals surface area contributed by atoms with Gasteiger partial charge in [0.25, 0.3) is 0 Å². The van der Waals surface area contributed by atoms with Gasteiger partial charge >= 0.3 is 0 Å².